The van der Waals surface area contributed by atoms with Gasteiger partial charge in [-0.1, -0.05) is 124 Å². The largest absolute Gasteiger partial charge is 0.0654 e. The summed E-state index contributed by atoms with van der Waals surface area (Å²) in [5.41, 5.74) is 12.0. The minimum absolute atomic E-state index is 1.17. The molecule has 0 aliphatic heterocycles. The molecular weight excluding hydrogens is 420 g/mol. The minimum atomic E-state index is 1.17. The van der Waals surface area contributed by atoms with Gasteiger partial charge in [0.05, 0.1) is 0 Å². The number of hydrogen-bond acceptors (Lipinski definition) is 0. The zero-order valence-electron chi connectivity index (χ0n) is 21.8. The van der Waals surface area contributed by atoms with Gasteiger partial charge in [-0.05, 0) is 88.7 Å². The molecule has 0 nitrogen and oxygen atoms in total. The maximum absolute atomic E-state index is 2.39. The summed E-state index contributed by atoms with van der Waals surface area (Å²) in [6.07, 6.45) is 10.1. The summed E-state index contributed by atoms with van der Waals surface area (Å²) in [5, 5.41) is 0. The quantitative estimate of drug-likeness (QED) is 0.195. The van der Waals surface area contributed by atoms with Gasteiger partial charge in [0.2, 0.25) is 0 Å². The average molecular weight is 461 g/mol. The van der Waals surface area contributed by atoms with E-state index in [1.165, 1.54) is 101 Å². The monoisotopic (exact) mass is 460 g/mol. The summed E-state index contributed by atoms with van der Waals surface area (Å²) in [6, 6.07) is 34.1. The van der Waals surface area contributed by atoms with E-state index in [1.807, 2.05) is 0 Å². The van der Waals surface area contributed by atoms with Gasteiger partial charge < -0.3 is 0 Å². The van der Waals surface area contributed by atoms with Crippen LogP contribution in [0, 0.1) is 6.92 Å². The van der Waals surface area contributed by atoms with Crippen molar-refractivity contribution in [1.82, 2.24) is 0 Å². The molecule has 0 heterocycles. The lowest BCUT2D eigenvalue weighted by Crippen LogP contribution is -1.93. The summed E-state index contributed by atoms with van der Waals surface area (Å²) in [7, 11) is 0. The first kappa shape index (κ1) is 25.0. The van der Waals surface area contributed by atoms with Crippen molar-refractivity contribution in [3.05, 3.63) is 108 Å². The smallest absolute Gasteiger partial charge is 0.00991 e. The van der Waals surface area contributed by atoms with E-state index in [1.54, 1.807) is 0 Å². The molecule has 0 saturated carbocycles. The van der Waals surface area contributed by atoms with Gasteiger partial charge in [0.1, 0.15) is 0 Å². The molecular formula is C35H40. The molecule has 0 fully saturated rings. The van der Waals surface area contributed by atoms with Crippen LogP contribution in [0.1, 0.15) is 69.1 Å². The predicted octanol–water partition coefficient (Wildman–Crippen LogP) is 10.5. The first-order valence-corrected chi connectivity index (χ1v) is 13.6. The van der Waals surface area contributed by atoms with Crippen LogP contribution in [-0.4, -0.2) is 0 Å². The van der Waals surface area contributed by atoms with Gasteiger partial charge >= 0.3 is 0 Å². The van der Waals surface area contributed by atoms with Crippen molar-refractivity contribution in [3.8, 4) is 33.4 Å². The molecule has 0 bridgehead atoms. The fraction of sp³-hybridized carbons (Fsp3) is 0.314. The Hall–Kier alpha value is -3.12. The molecule has 0 saturated heterocycles. The SMILES string of the molecule is CCCCCc1ccc(-c2ccc(-c3ccc(CCCCC)cc3C)c(-c3ccccc3)c2)cc1. The topological polar surface area (TPSA) is 0 Å². The Morgan fingerprint density at radius 3 is 1.71 bits per heavy atom. The molecule has 0 atom stereocenters. The molecule has 4 rings (SSSR count). The summed E-state index contributed by atoms with van der Waals surface area (Å²) in [6.45, 7) is 6.80. The van der Waals surface area contributed by atoms with Crippen LogP contribution in [0.4, 0.5) is 0 Å². The Balaban J connectivity index is 1.68. The highest BCUT2D eigenvalue weighted by Gasteiger charge is 2.12. The molecule has 0 unspecified atom stereocenters. The van der Waals surface area contributed by atoms with Crippen LogP contribution in [0.3, 0.4) is 0 Å². The number of benzene rings is 4. The second kappa shape index (κ2) is 12.5. The lowest BCUT2D eigenvalue weighted by Gasteiger charge is -2.16. The van der Waals surface area contributed by atoms with Gasteiger partial charge in [-0.2, -0.15) is 0 Å². The summed E-state index contributed by atoms with van der Waals surface area (Å²) in [4.78, 5) is 0. The third-order valence-corrected chi connectivity index (χ3v) is 7.11. The molecule has 4 aromatic carbocycles. The predicted molar refractivity (Wildman–Crippen MR) is 154 cm³/mol. The number of rotatable bonds is 11. The number of aryl methyl sites for hydroxylation is 3. The third-order valence-electron chi connectivity index (χ3n) is 7.11. The van der Waals surface area contributed by atoms with Crippen LogP contribution >= 0.6 is 0 Å². The van der Waals surface area contributed by atoms with E-state index in [0.717, 1.165) is 0 Å². The van der Waals surface area contributed by atoms with Crippen molar-refractivity contribution in [2.24, 2.45) is 0 Å². The fourth-order valence-corrected chi connectivity index (χ4v) is 5.02. The molecule has 0 aromatic heterocycles. The van der Waals surface area contributed by atoms with Gasteiger partial charge in [-0.25, -0.2) is 0 Å². The standard InChI is InChI=1S/C35H40/c1-4-6-9-13-28-17-20-30(21-18-28)32-22-24-34(35(26-32)31-15-11-8-12-16-31)33-23-19-29(25-27(33)3)14-10-7-5-2/h8,11-12,15-26H,4-7,9-10,13-14H2,1-3H3. The van der Waals surface area contributed by atoms with E-state index in [2.05, 4.69) is 112 Å². The van der Waals surface area contributed by atoms with Gasteiger partial charge in [-0.15, -0.1) is 0 Å². The molecule has 0 aliphatic rings. The van der Waals surface area contributed by atoms with Crippen molar-refractivity contribution in [2.45, 2.75) is 72.1 Å². The Labute approximate surface area is 213 Å². The lowest BCUT2D eigenvalue weighted by molar-refractivity contribution is 0.717. The van der Waals surface area contributed by atoms with Crippen LogP contribution in [-0.2, 0) is 12.8 Å². The van der Waals surface area contributed by atoms with E-state index < -0.39 is 0 Å². The van der Waals surface area contributed by atoms with Gasteiger partial charge in [0.25, 0.3) is 0 Å². The third kappa shape index (κ3) is 6.51. The van der Waals surface area contributed by atoms with E-state index in [4.69, 9.17) is 0 Å². The fourth-order valence-electron chi connectivity index (χ4n) is 5.02. The highest BCUT2D eigenvalue weighted by atomic mass is 14.2. The highest BCUT2D eigenvalue weighted by molar-refractivity contribution is 5.88. The van der Waals surface area contributed by atoms with Crippen molar-refractivity contribution in [1.29, 1.82) is 0 Å². The summed E-state index contributed by atoms with van der Waals surface area (Å²) in [5.74, 6) is 0. The maximum atomic E-state index is 2.39. The van der Waals surface area contributed by atoms with Gasteiger partial charge in [0, 0.05) is 0 Å². The van der Waals surface area contributed by atoms with Crippen LogP contribution < -0.4 is 0 Å². The average Bonchev–Trinajstić information content (AvgIpc) is 2.90. The van der Waals surface area contributed by atoms with E-state index in [0.29, 0.717) is 0 Å². The number of unbranched alkanes of at least 4 members (excludes halogenated alkanes) is 4. The minimum Gasteiger partial charge on any atom is -0.0654 e. The van der Waals surface area contributed by atoms with E-state index in [9.17, 15) is 0 Å². The molecule has 0 radical (unpaired) electrons. The first-order valence-electron chi connectivity index (χ1n) is 13.6. The lowest BCUT2D eigenvalue weighted by atomic mass is 9.88. The molecule has 180 valence electrons. The Morgan fingerprint density at radius 2 is 1.06 bits per heavy atom. The van der Waals surface area contributed by atoms with Crippen LogP contribution in [0.5, 0.6) is 0 Å². The molecule has 0 aliphatic carbocycles. The maximum Gasteiger partial charge on any atom is -0.00991 e. The summed E-state index contributed by atoms with van der Waals surface area (Å²) < 4.78 is 0. The van der Waals surface area contributed by atoms with Crippen LogP contribution in [0.2, 0.25) is 0 Å². The zero-order chi connectivity index (χ0) is 24.5. The molecule has 0 N–H and O–H groups in total. The van der Waals surface area contributed by atoms with Gasteiger partial charge in [-0.3, -0.25) is 0 Å². The van der Waals surface area contributed by atoms with Crippen LogP contribution in [0.15, 0.2) is 91.0 Å². The van der Waals surface area contributed by atoms with Crippen LogP contribution in [0.25, 0.3) is 33.4 Å². The Bertz CT molecular complexity index is 1200. The number of hydrogen-bond donors (Lipinski definition) is 0. The second-order valence-corrected chi connectivity index (χ2v) is 9.89. The van der Waals surface area contributed by atoms with E-state index >= 15 is 0 Å². The zero-order valence-corrected chi connectivity index (χ0v) is 21.8. The van der Waals surface area contributed by atoms with Crippen molar-refractivity contribution >= 4 is 0 Å². The normalized spacial score (nSPS) is 11.1. The van der Waals surface area contributed by atoms with Gasteiger partial charge in [0.15, 0.2) is 0 Å². The Morgan fingerprint density at radius 1 is 0.457 bits per heavy atom. The van der Waals surface area contributed by atoms with Crippen molar-refractivity contribution in [3.63, 3.8) is 0 Å². The van der Waals surface area contributed by atoms with Crippen molar-refractivity contribution in [2.75, 3.05) is 0 Å². The molecule has 0 amide bonds. The molecule has 0 heteroatoms. The second-order valence-electron chi connectivity index (χ2n) is 9.89. The summed E-state index contributed by atoms with van der Waals surface area (Å²) >= 11 is 0. The first-order chi connectivity index (χ1) is 17.2. The highest BCUT2D eigenvalue weighted by Crippen LogP contribution is 2.37. The molecule has 35 heavy (non-hydrogen) atoms. The molecule has 0 spiro atoms. The molecule has 4 aromatic rings. The van der Waals surface area contributed by atoms with Crippen molar-refractivity contribution < 1.29 is 0 Å². The Kier molecular flexibility index (Phi) is 8.96. The van der Waals surface area contributed by atoms with E-state index in [-0.39, 0.29) is 0 Å².